The molecule has 1 fully saturated rings. The maximum absolute atomic E-state index is 11.7. The van der Waals surface area contributed by atoms with Gasteiger partial charge >= 0.3 is 5.97 Å². The van der Waals surface area contributed by atoms with Crippen LogP contribution in [-0.2, 0) is 9.53 Å². The minimum Gasteiger partial charge on any atom is -0.481 e. The van der Waals surface area contributed by atoms with Crippen molar-refractivity contribution < 1.29 is 14.6 Å². The Kier molecular flexibility index (Phi) is 4.33. The van der Waals surface area contributed by atoms with E-state index in [1.54, 1.807) is 0 Å². The number of rotatable bonds is 4. The van der Waals surface area contributed by atoms with Crippen LogP contribution < -0.4 is 4.90 Å². The van der Waals surface area contributed by atoms with E-state index in [0.717, 1.165) is 12.1 Å². The number of anilines is 1. The van der Waals surface area contributed by atoms with Gasteiger partial charge in [-0.1, -0.05) is 17.7 Å². The summed E-state index contributed by atoms with van der Waals surface area (Å²) in [5.74, 6) is -0.756. The summed E-state index contributed by atoms with van der Waals surface area (Å²) in [7, 11) is 1.96. The summed E-state index contributed by atoms with van der Waals surface area (Å²) in [5, 5.41) is 9.59. The first-order valence-corrected chi connectivity index (χ1v) is 7.04. The summed E-state index contributed by atoms with van der Waals surface area (Å²) < 4.78 is 5.43. The van der Waals surface area contributed by atoms with Crippen molar-refractivity contribution in [2.75, 3.05) is 31.7 Å². The Bertz CT molecular complexity index is 492. The Hall–Kier alpha value is -1.55. The molecule has 0 aromatic heterocycles. The van der Waals surface area contributed by atoms with Crippen LogP contribution in [0.4, 0.5) is 5.69 Å². The zero-order chi connectivity index (χ0) is 14.8. The van der Waals surface area contributed by atoms with Gasteiger partial charge in [0.25, 0.3) is 0 Å². The molecule has 0 bridgehead atoms. The quantitative estimate of drug-likeness (QED) is 0.919. The Labute approximate surface area is 120 Å². The van der Waals surface area contributed by atoms with E-state index in [2.05, 4.69) is 32.0 Å². The fourth-order valence-electron chi connectivity index (χ4n) is 2.99. The maximum Gasteiger partial charge on any atom is 0.313 e. The first kappa shape index (κ1) is 14.9. The standard InChI is InChI=1S/C16H23NO3/c1-12-5-6-14(13(2)9-12)17(3)10-16(15(18)19)7-4-8-20-11-16/h5-6,9H,4,7-8,10-11H2,1-3H3,(H,18,19). The minimum atomic E-state index is -0.787. The van der Waals surface area contributed by atoms with Crippen molar-refractivity contribution in [1.82, 2.24) is 0 Å². The molecule has 1 aromatic carbocycles. The van der Waals surface area contributed by atoms with Gasteiger partial charge in [-0.25, -0.2) is 0 Å². The normalized spacial score (nSPS) is 22.6. The summed E-state index contributed by atoms with van der Waals surface area (Å²) in [4.78, 5) is 13.7. The molecule has 1 aliphatic rings. The van der Waals surface area contributed by atoms with Crippen molar-refractivity contribution in [2.24, 2.45) is 5.41 Å². The molecule has 1 N–H and O–H groups in total. The van der Waals surface area contributed by atoms with E-state index in [1.807, 2.05) is 11.9 Å². The van der Waals surface area contributed by atoms with Crippen LogP contribution in [0.25, 0.3) is 0 Å². The van der Waals surface area contributed by atoms with E-state index in [1.165, 1.54) is 11.1 Å². The van der Waals surface area contributed by atoms with Gasteiger partial charge in [-0.15, -0.1) is 0 Å². The average molecular weight is 277 g/mol. The second-order valence-electron chi connectivity index (χ2n) is 5.89. The fraction of sp³-hybridized carbons (Fsp3) is 0.562. The summed E-state index contributed by atoms with van der Waals surface area (Å²) in [5.41, 5.74) is 2.68. The minimum absolute atomic E-state index is 0.303. The number of aryl methyl sites for hydroxylation is 2. The van der Waals surface area contributed by atoms with Crippen LogP contribution in [0, 0.1) is 19.3 Å². The second-order valence-corrected chi connectivity index (χ2v) is 5.89. The van der Waals surface area contributed by atoms with E-state index in [4.69, 9.17) is 4.74 Å². The number of carboxylic acids is 1. The van der Waals surface area contributed by atoms with Crippen molar-refractivity contribution in [3.8, 4) is 0 Å². The molecule has 1 saturated heterocycles. The molecule has 20 heavy (non-hydrogen) atoms. The molecule has 2 rings (SSSR count). The second kappa shape index (κ2) is 5.83. The highest BCUT2D eigenvalue weighted by atomic mass is 16.5. The molecule has 0 radical (unpaired) electrons. The number of carbonyl (C=O) groups is 1. The molecule has 4 nitrogen and oxygen atoms in total. The van der Waals surface area contributed by atoms with E-state index in [0.29, 0.717) is 26.2 Å². The average Bonchev–Trinajstić information content (AvgIpc) is 2.39. The molecule has 1 heterocycles. The van der Waals surface area contributed by atoms with Gasteiger partial charge in [-0.3, -0.25) is 4.79 Å². The van der Waals surface area contributed by atoms with Gasteiger partial charge in [0.2, 0.25) is 0 Å². The predicted octanol–water partition coefficient (Wildman–Crippen LogP) is 2.62. The van der Waals surface area contributed by atoms with Crippen LogP contribution in [0.2, 0.25) is 0 Å². The molecule has 4 heteroatoms. The van der Waals surface area contributed by atoms with Crippen LogP contribution in [0.1, 0.15) is 24.0 Å². The van der Waals surface area contributed by atoms with E-state index in [9.17, 15) is 9.90 Å². The lowest BCUT2D eigenvalue weighted by molar-refractivity contribution is -0.156. The zero-order valence-corrected chi connectivity index (χ0v) is 12.5. The van der Waals surface area contributed by atoms with Gasteiger partial charge < -0.3 is 14.7 Å². The highest BCUT2D eigenvalue weighted by Crippen LogP contribution is 2.32. The Morgan fingerprint density at radius 1 is 1.45 bits per heavy atom. The smallest absolute Gasteiger partial charge is 0.313 e. The number of aliphatic carboxylic acids is 1. The molecular weight excluding hydrogens is 254 g/mol. The maximum atomic E-state index is 11.7. The van der Waals surface area contributed by atoms with Crippen LogP contribution in [0.3, 0.4) is 0 Å². The molecule has 1 atom stereocenters. The van der Waals surface area contributed by atoms with Crippen molar-refractivity contribution >= 4 is 11.7 Å². The lowest BCUT2D eigenvalue weighted by Crippen LogP contribution is -2.47. The Balaban J connectivity index is 2.20. The van der Waals surface area contributed by atoms with Gasteiger partial charge in [0, 0.05) is 25.9 Å². The molecule has 1 aromatic rings. The highest BCUT2D eigenvalue weighted by Gasteiger charge is 2.41. The molecule has 110 valence electrons. The number of hydrogen-bond donors (Lipinski definition) is 1. The first-order chi connectivity index (χ1) is 9.44. The van der Waals surface area contributed by atoms with Gasteiger partial charge in [0.1, 0.15) is 5.41 Å². The van der Waals surface area contributed by atoms with Crippen LogP contribution in [-0.4, -0.2) is 37.9 Å². The van der Waals surface area contributed by atoms with Crippen molar-refractivity contribution in [2.45, 2.75) is 26.7 Å². The van der Waals surface area contributed by atoms with E-state index >= 15 is 0 Å². The molecule has 0 aliphatic carbocycles. The van der Waals surface area contributed by atoms with Crippen molar-refractivity contribution in [1.29, 1.82) is 0 Å². The lowest BCUT2D eigenvalue weighted by atomic mass is 9.82. The molecule has 1 aliphatic heterocycles. The highest BCUT2D eigenvalue weighted by molar-refractivity contribution is 5.76. The third-order valence-electron chi connectivity index (χ3n) is 4.08. The largest absolute Gasteiger partial charge is 0.481 e. The van der Waals surface area contributed by atoms with Crippen LogP contribution in [0.15, 0.2) is 18.2 Å². The lowest BCUT2D eigenvalue weighted by Gasteiger charge is -2.37. The summed E-state index contributed by atoms with van der Waals surface area (Å²) in [6, 6.07) is 6.24. The van der Waals surface area contributed by atoms with Gasteiger partial charge in [0.05, 0.1) is 6.61 Å². The topological polar surface area (TPSA) is 49.8 Å². The number of benzene rings is 1. The third kappa shape index (κ3) is 2.96. The molecule has 1 unspecified atom stereocenters. The van der Waals surface area contributed by atoms with Crippen molar-refractivity contribution in [3.63, 3.8) is 0 Å². The zero-order valence-electron chi connectivity index (χ0n) is 12.5. The summed E-state index contributed by atoms with van der Waals surface area (Å²) in [6.07, 6.45) is 1.49. The molecular formula is C16H23NO3. The number of carboxylic acid groups (broad SMARTS) is 1. The molecule has 0 saturated carbocycles. The van der Waals surface area contributed by atoms with Gasteiger partial charge in [0.15, 0.2) is 0 Å². The molecule has 0 spiro atoms. The van der Waals surface area contributed by atoms with Crippen LogP contribution in [0.5, 0.6) is 0 Å². The fourth-order valence-corrected chi connectivity index (χ4v) is 2.99. The third-order valence-corrected chi connectivity index (χ3v) is 4.08. The number of nitrogens with zero attached hydrogens (tertiary/aromatic N) is 1. The van der Waals surface area contributed by atoms with E-state index < -0.39 is 11.4 Å². The first-order valence-electron chi connectivity index (χ1n) is 7.04. The molecule has 0 amide bonds. The Morgan fingerprint density at radius 3 is 2.75 bits per heavy atom. The van der Waals surface area contributed by atoms with E-state index in [-0.39, 0.29) is 0 Å². The predicted molar refractivity (Wildman–Crippen MR) is 79.3 cm³/mol. The summed E-state index contributed by atoms with van der Waals surface area (Å²) in [6.45, 7) is 5.57. The van der Waals surface area contributed by atoms with Gasteiger partial charge in [-0.05, 0) is 38.3 Å². The SMILES string of the molecule is Cc1ccc(N(C)CC2(C(=O)O)CCCOC2)c(C)c1. The Morgan fingerprint density at radius 2 is 2.20 bits per heavy atom. The van der Waals surface area contributed by atoms with Crippen LogP contribution >= 0.6 is 0 Å². The monoisotopic (exact) mass is 277 g/mol. The summed E-state index contributed by atoms with van der Waals surface area (Å²) >= 11 is 0. The number of hydrogen-bond acceptors (Lipinski definition) is 3. The van der Waals surface area contributed by atoms with Gasteiger partial charge in [-0.2, -0.15) is 0 Å². The van der Waals surface area contributed by atoms with Crippen molar-refractivity contribution in [3.05, 3.63) is 29.3 Å². The number of ether oxygens (including phenoxy) is 1.